The third kappa shape index (κ3) is 3.44. The molecule has 1 amide bonds. The molecule has 2 aromatic carbocycles. The number of carbonyl (C=O) groups is 1. The maximum absolute atomic E-state index is 12.0. The van der Waals surface area contributed by atoms with Gasteiger partial charge in [-0.15, -0.1) is 0 Å². The Bertz CT molecular complexity index is 607. The molecule has 98 valence electrons. The largest absolute Gasteiger partial charge is 0.348 e. The van der Waals surface area contributed by atoms with Crippen LogP contribution in [0, 0.1) is 13.8 Å². The third-order valence-electron chi connectivity index (χ3n) is 3.14. The van der Waals surface area contributed by atoms with Gasteiger partial charge in [-0.3, -0.25) is 4.79 Å². The number of amides is 1. The molecular formula is C16H16BrNO. The summed E-state index contributed by atoms with van der Waals surface area (Å²) in [4.78, 5) is 12.0. The van der Waals surface area contributed by atoms with Crippen LogP contribution in [0.1, 0.15) is 27.0 Å². The minimum absolute atomic E-state index is 0.0642. The molecule has 2 rings (SSSR count). The van der Waals surface area contributed by atoms with E-state index in [0.29, 0.717) is 12.1 Å². The van der Waals surface area contributed by atoms with Crippen molar-refractivity contribution in [2.75, 3.05) is 0 Å². The van der Waals surface area contributed by atoms with Crippen LogP contribution in [-0.4, -0.2) is 5.91 Å². The molecule has 0 saturated carbocycles. The van der Waals surface area contributed by atoms with Crippen LogP contribution >= 0.6 is 15.9 Å². The SMILES string of the molecule is Cc1ccc(CNC(=O)c2ccccc2Br)cc1C. The zero-order valence-corrected chi connectivity index (χ0v) is 12.6. The summed E-state index contributed by atoms with van der Waals surface area (Å²) in [6, 6.07) is 13.7. The zero-order valence-electron chi connectivity index (χ0n) is 11.0. The fourth-order valence-corrected chi connectivity index (χ4v) is 2.30. The maximum atomic E-state index is 12.0. The number of carbonyl (C=O) groups excluding carboxylic acids is 1. The standard InChI is InChI=1S/C16H16BrNO/c1-11-7-8-13(9-12(11)2)10-18-16(19)14-5-3-4-6-15(14)17/h3-9H,10H2,1-2H3,(H,18,19). The average Bonchev–Trinajstić information content (AvgIpc) is 2.40. The molecule has 0 atom stereocenters. The monoisotopic (exact) mass is 317 g/mol. The number of nitrogens with one attached hydrogen (secondary N) is 1. The molecule has 0 fully saturated rings. The molecule has 19 heavy (non-hydrogen) atoms. The van der Waals surface area contributed by atoms with Gasteiger partial charge in [0, 0.05) is 11.0 Å². The highest BCUT2D eigenvalue weighted by Crippen LogP contribution is 2.16. The molecule has 3 heteroatoms. The van der Waals surface area contributed by atoms with Crippen LogP contribution in [0.3, 0.4) is 0 Å². The number of rotatable bonds is 3. The van der Waals surface area contributed by atoms with Crippen LogP contribution in [-0.2, 0) is 6.54 Å². The van der Waals surface area contributed by atoms with Gasteiger partial charge in [0.15, 0.2) is 0 Å². The highest BCUT2D eigenvalue weighted by Gasteiger charge is 2.08. The molecular weight excluding hydrogens is 302 g/mol. The smallest absolute Gasteiger partial charge is 0.252 e. The van der Waals surface area contributed by atoms with Crippen LogP contribution in [0.25, 0.3) is 0 Å². The molecule has 2 aromatic rings. The molecule has 1 N–H and O–H groups in total. The van der Waals surface area contributed by atoms with Gasteiger partial charge < -0.3 is 5.32 Å². The first-order valence-electron chi connectivity index (χ1n) is 6.17. The van der Waals surface area contributed by atoms with Gasteiger partial charge in [0.05, 0.1) is 5.56 Å². The Kier molecular flexibility index (Phi) is 4.38. The van der Waals surface area contributed by atoms with Crippen molar-refractivity contribution in [3.8, 4) is 0 Å². The van der Waals surface area contributed by atoms with E-state index >= 15 is 0 Å². The molecule has 0 aromatic heterocycles. The summed E-state index contributed by atoms with van der Waals surface area (Å²) >= 11 is 3.38. The Labute approximate surface area is 122 Å². The summed E-state index contributed by atoms with van der Waals surface area (Å²) in [6.45, 7) is 4.70. The first-order chi connectivity index (χ1) is 9.08. The molecule has 0 unspecified atom stereocenters. The van der Waals surface area contributed by atoms with E-state index in [1.165, 1.54) is 11.1 Å². The van der Waals surface area contributed by atoms with Crippen molar-refractivity contribution in [3.05, 3.63) is 69.2 Å². The molecule has 0 bridgehead atoms. The van der Waals surface area contributed by atoms with Crippen molar-refractivity contribution in [2.24, 2.45) is 0 Å². The zero-order chi connectivity index (χ0) is 13.8. The van der Waals surface area contributed by atoms with Crippen molar-refractivity contribution in [1.29, 1.82) is 0 Å². The predicted molar refractivity (Wildman–Crippen MR) is 81.2 cm³/mol. The van der Waals surface area contributed by atoms with Crippen LogP contribution in [0.4, 0.5) is 0 Å². The van der Waals surface area contributed by atoms with E-state index in [0.717, 1.165) is 10.0 Å². The first-order valence-corrected chi connectivity index (χ1v) is 6.96. The van der Waals surface area contributed by atoms with Crippen molar-refractivity contribution in [1.82, 2.24) is 5.32 Å². The topological polar surface area (TPSA) is 29.1 Å². The summed E-state index contributed by atoms with van der Waals surface area (Å²) in [7, 11) is 0. The minimum Gasteiger partial charge on any atom is -0.348 e. The minimum atomic E-state index is -0.0642. The van der Waals surface area contributed by atoms with E-state index in [2.05, 4.69) is 47.2 Å². The molecule has 0 aliphatic rings. The van der Waals surface area contributed by atoms with E-state index in [9.17, 15) is 4.79 Å². The van der Waals surface area contributed by atoms with Gasteiger partial charge in [-0.2, -0.15) is 0 Å². The Morgan fingerprint density at radius 2 is 1.84 bits per heavy atom. The van der Waals surface area contributed by atoms with E-state index in [-0.39, 0.29) is 5.91 Å². The lowest BCUT2D eigenvalue weighted by atomic mass is 10.1. The van der Waals surface area contributed by atoms with E-state index in [1.54, 1.807) is 6.07 Å². The van der Waals surface area contributed by atoms with Gasteiger partial charge in [0.1, 0.15) is 0 Å². The Morgan fingerprint density at radius 1 is 1.11 bits per heavy atom. The Morgan fingerprint density at radius 3 is 2.53 bits per heavy atom. The molecule has 0 spiro atoms. The second-order valence-electron chi connectivity index (χ2n) is 4.58. The summed E-state index contributed by atoms with van der Waals surface area (Å²) in [5.41, 5.74) is 4.28. The van der Waals surface area contributed by atoms with Crippen molar-refractivity contribution < 1.29 is 4.79 Å². The first kappa shape index (κ1) is 13.8. The molecule has 2 nitrogen and oxygen atoms in total. The fraction of sp³-hybridized carbons (Fsp3) is 0.188. The highest BCUT2D eigenvalue weighted by atomic mass is 79.9. The number of aryl methyl sites for hydroxylation is 2. The van der Waals surface area contributed by atoms with E-state index < -0.39 is 0 Å². The predicted octanol–water partition coefficient (Wildman–Crippen LogP) is 4.00. The lowest BCUT2D eigenvalue weighted by molar-refractivity contribution is 0.0950. The number of hydrogen-bond donors (Lipinski definition) is 1. The second kappa shape index (κ2) is 6.02. The average molecular weight is 318 g/mol. The van der Waals surface area contributed by atoms with Gasteiger partial charge >= 0.3 is 0 Å². The van der Waals surface area contributed by atoms with E-state index in [1.807, 2.05) is 24.3 Å². The maximum Gasteiger partial charge on any atom is 0.252 e. The van der Waals surface area contributed by atoms with E-state index in [4.69, 9.17) is 0 Å². The fourth-order valence-electron chi connectivity index (χ4n) is 1.84. The van der Waals surface area contributed by atoms with Crippen LogP contribution in [0.15, 0.2) is 46.9 Å². The van der Waals surface area contributed by atoms with Gasteiger partial charge in [0.2, 0.25) is 0 Å². The summed E-state index contributed by atoms with van der Waals surface area (Å²) in [5, 5.41) is 2.93. The van der Waals surface area contributed by atoms with Crippen molar-refractivity contribution in [3.63, 3.8) is 0 Å². The summed E-state index contributed by atoms with van der Waals surface area (Å²) < 4.78 is 0.813. The number of hydrogen-bond acceptors (Lipinski definition) is 1. The molecule has 0 heterocycles. The Hall–Kier alpha value is -1.61. The number of benzene rings is 2. The quantitative estimate of drug-likeness (QED) is 0.911. The molecule has 0 radical (unpaired) electrons. The van der Waals surface area contributed by atoms with Crippen LogP contribution in [0.2, 0.25) is 0 Å². The lowest BCUT2D eigenvalue weighted by Gasteiger charge is -2.08. The van der Waals surface area contributed by atoms with Gasteiger partial charge in [0.25, 0.3) is 5.91 Å². The lowest BCUT2D eigenvalue weighted by Crippen LogP contribution is -2.23. The molecule has 0 aliphatic carbocycles. The normalized spacial score (nSPS) is 10.3. The van der Waals surface area contributed by atoms with Crippen molar-refractivity contribution >= 4 is 21.8 Å². The Balaban J connectivity index is 2.04. The molecule has 0 saturated heterocycles. The summed E-state index contributed by atoms with van der Waals surface area (Å²) in [6.07, 6.45) is 0. The number of halogens is 1. The van der Waals surface area contributed by atoms with Gasteiger partial charge in [-0.25, -0.2) is 0 Å². The van der Waals surface area contributed by atoms with Crippen LogP contribution in [0.5, 0.6) is 0 Å². The highest BCUT2D eigenvalue weighted by molar-refractivity contribution is 9.10. The summed E-state index contributed by atoms with van der Waals surface area (Å²) in [5.74, 6) is -0.0642. The van der Waals surface area contributed by atoms with Gasteiger partial charge in [-0.1, -0.05) is 30.3 Å². The van der Waals surface area contributed by atoms with Crippen LogP contribution < -0.4 is 5.32 Å². The molecule has 0 aliphatic heterocycles. The van der Waals surface area contributed by atoms with Gasteiger partial charge in [-0.05, 0) is 58.6 Å². The third-order valence-corrected chi connectivity index (χ3v) is 3.83. The second-order valence-corrected chi connectivity index (χ2v) is 5.44. The van der Waals surface area contributed by atoms with Crippen molar-refractivity contribution in [2.45, 2.75) is 20.4 Å².